The highest BCUT2D eigenvalue weighted by Crippen LogP contribution is 2.30. The minimum absolute atomic E-state index is 0.376. The standard InChI is InChI=1S/C11H18N2OS/c1-13-5-2-10(12-13)11(14)8-9-3-6-15-7-4-9/h2,5,9,11,14H,3-4,6-8H2,1H3. The van der Waals surface area contributed by atoms with E-state index in [-0.39, 0.29) is 6.10 Å². The van der Waals surface area contributed by atoms with Crippen LogP contribution in [0.3, 0.4) is 0 Å². The summed E-state index contributed by atoms with van der Waals surface area (Å²) in [6.45, 7) is 0. The summed E-state index contributed by atoms with van der Waals surface area (Å²) < 4.78 is 1.75. The second-order valence-corrected chi connectivity index (χ2v) is 5.45. The number of aliphatic hydroxyl groups excluding tert-OH is 1. The molecule has 1 aliphatic rings. The van der Waals surface area contributed by atoms with Gasteiger partial charge in [0, 0.05) is 13.2 Å². The molecule has 15 heavy (non-hydrogen) atoms. The van der Waals surface area contributed by atoms with E-state index in [0.29, 0.717) is 5.92 Å². The smallest absolute Gasteiger partial charge is 0.0980 e. The van der Waals surface area contributed by atoms with Gasteiger partial charge in [0.2, 0.25) is 0 Å². The van der Waals surface area contributed by atoms with E-state index in [1.807, 2.05) is 31.1 Å². The Bertz CT molecular complexity index is 307. The summed E-state index contributed by atoms with van der Waals surface area (Å²) in [5.74, 6) is 3.18. The fraction of sp³-hybridized carbons (Fsp3) is 0.727. The Balaban J connectivity index is 1.88. The van der Waals surface area contributed by atoms with Crippen molar-refractivity contribution in [1.82, 2.24) is 9.78 Å². The molecule has 2 heterocycles. The van der Waals surface area contributed by atoms with Gasteiger partial charge in [-0.3, -0.25) is 4.68 Å². The van der Waals surface area contributed by atoms with Gasteiger partial charge in [-0.05, 0) is 42.8 Å². The lowest BCUT2D eigenvalue weighted by atomic mass is 9.94. The molecule has 1 fully saturated rings. The second-order valence-electron chi connectivity index (χ2n) is 4.22. The van der Waals surface area contributed by atoms with Crippen molar-refractivity contribution in [2.24, 2.45) is 13.0 Å². The molecule has 1 aliphatic heterocycles. The van der Waals surface area contributed by atoms with Crippen LogP contribution in [0.2, 0.25) is 0 Å². The summed E-state index contributed by atoms with van der Waals surface area (Å²) in [4.78, 5) is 0. The summed E-state index contributed by atoms with van der Waals surface area (Å²) in [5.41, 5.74) is 0.815. The fourth-order valence-corrected chi connectivity index (χ4v) is 3.23. The van der Waals surface area contributed by atoms with Crippen LogP contribution in [-0.2, 0) is 7.05 Å². The maximum Gasteiger partial charge on any atom is 0.0980 e. The van der Waals surface area contributed by atoms with Crippen LogP contribution >= 0.6 is 11.8 Å². The Kier molecular flexibility index (Phi) is 3.70. The Morgan fingerprint density at radius 3 is 2.93 bits per heavy atom. The van der Waals surface area contributed by atoms with Crippen molar-refractivity contribution in [1.29, 1.82) is 0 Å². The van der Waals surface area contributed by atoms with Gasteiger partial charge in [-0.25, -0.2) is 0 Å². The van der Waals surface area contributed by atoms with Crippen molar-refractivity contribution in [3.8, 4) is 0 Å². The molecule has 4 heteroatoms. The highest BCUT2D eigenvalue weighted by Gasteiger charge is 2.19. The van der Waals surface area contributed by atoms with Gasteiger partial charge in [0.15, 0.2) is 0 Å². The minimum atomic E-state index is -0.376. The van der Waals surface area contributed by atoms with Crippen LogP contribution in [0.1, 0.15) is 31.1 Å². The molecule has 0 spiro atoms. The van der Waals surface area contributed by atoms with Crippen LogP contribution in [0, 0.1) is 5.92 Å². The molecule has 0 saturated carbocycles. The average molecular weight is 226 g/mol. The van der Waals surface area contributed by atoms with Crippen LogP contribution in [0.5, 0.6) is 0 Å². The molecule has 1 aromatic rings. The van der Waals surface area contributed by atoms with E-state index in [2.05, 4.69) is 5.10 Å². The first kappa shape index (κ1) is 11.0. The number of aromatic nitrogens is 2. The van der Waals surface area contributed by atoms with Crippen molar-refractivity contribution >= 4 is 11.8 Å². The number of nitrogens with zero attached hydrogens (tertiary/aromatic N) is 2. The van der Waals surface area contributed by atoms with E-state index in [1.54, 1.807) is 4.68 Å². The van der Waals surface area contributed by atoms with Gasteiger partial charge in [0.1, 0.15) is 0 Å². The minimum Gasteiger partial charge on any atom is -0.387 e. The molecule has 2 rings (SSSR count). The molecule has 0 bridgehead atoms. The lowest BCUT2D eigenvalue weighted by Crippen LogP contribution is -2.13. The molecule has 1 N–H and O–H groups in total. The zero-order chi connectivity index (χ0) is 10.7. The molecule has 1 saturated heterocycles. The number of hydrogen-bond acceptors (Lipinski definition) is 3. The molecule has 1 aromatic heterocycles. The average Bonchev–Trinajstić information content (AvgIpc) is 2.66. The van der Waals surface area contributed by atoms with Gasteiger partial charge in [-0.2, -0.15) is 16.9 Å². The first-order valence-electron chi connectivity index (χ1n) is 5.51. The molecular formula is C11H18N2OS. The van der Waals surface area contributed by atoms with Gasteiger partial charge in [0.25, 0.3) is 0 Å². The van der Waals surface area contributed by atoms with Crippen molar-refractivity contribution < 1.29 is 5.11 Å². The predicted molar refractivity (Wildman–Crippen MR) is 62.8 cm³/mol. The third kappa shape index (κ3) is 2.98. The highest BCUT2D eigenvalue weighted by molar-refractivity contribution is 7.99. The lowest BCUT2D eigenvalue weighted by molar-refractivity contribution is 0.136. The Hall–Kier alpha value is -0.480. The van der Waals surface area contributed by atoms with Gasteiger partial charge >= 0.3 is 0 Å². The van der Waals surface area contributed by atoms with Gasteiger partial charge in [-0.1, -0.05) is 0 Å². The lowest BCUT2D eigenvalue weighted by Gasteiger charge is -2.22. The maximum absolute atomic E-state index is 10.0. The van der Waals surface area contributed by atoms with E-state index < -0.39 is 0 Å². The molecule has 0 amide bonds. The first-order valence-corrected chi connectivity index (χ1v) is 6.66. The van der Waals surface area contributed by atoms with E-state index in [1.165, 1.54) is 24.3 Å². The van der Waals surface area contributed by atoms with Crippen LogP contribution in [0.4, 0.5) is 0 Å². The van der Waals surface area contributed by atoms with E-state index in [4.69, 9.17) is 0 Å². The molecule has 84 valence electrons. The second kappa shape index (κ2) is 5.03. The van der Waals surface area contributed by atoms with Gasteiger partial charge in [-0.15, -0.1) is 0 Å². The third-order valence-corrected chi connectivity index (χ3v) is 4.02. The zero-order valence-corrected chi connectivity index (χ0v) is 9.91. The predicted octanol–water partition coefficient (Wildman–Crippen LogP) is 1.99. The summed E-state index contributed by atoms with van der Waals surface area (Å²) in [6, 6.07) is 1.91. The van der Waals surface area contributed by atoms with Gasteiger partial charge < -0.3 is 5.11 Å². The summed E-state index contributed by atoms with van der Waals surface area (Å²) in [6.07, 6.45) is 4.87. The Morgan fingerprint density at radius 1 is 1.60 bits per heavy atom. The summed E-state index contributed by atoms with van der Waals surface area (Å²) >= 11 is 2.02. The quantitative estimate of drug-likeness (QED) is 0.856. The SMILES string of the molecule is Cn1ccc(C(O)CC2CCSCC2)n1. The van der Waals surface area contributed by atoms with Crippen molar-refractivity contribution in [3.63, 3.8) is 0 Å². The Labute approximate surface area is 94.9 Å². The summed E-state index contributed by atoms with van der Waals surface area (Å²) in [7, 11) is 1.88. The van der Waals surface area contributed by atoms with Crippen molar-refractivity contribution in [2.45, 2.75) is 25.4 Å². The van der Waals surface area contributed by atoms with Crippen molar-refractivity contribution in [2.75, 3.05) is 11.5 Å². The van der Waals surface area contributed by atoms with Crippen LogP contribution in [0.25, 0.3) is 0 Å². The van der Waals surface area contributed by atoms with Crippen LogP contribution < -0.4 is 0 Å². The highest BCUT2D eigenvalue weighted by atomic mass is 32.2. The number of rotatable bonds is 3. The van der Waals surface area contributed by atoms with Gasteiger partial charge in [0.05, 0.1) is 11.8 Å². The monoisotopic (exact) mass is 226 g/mol. The molecule has 0 aromatic carbocycles. The summed E-state index contributed by atoms with van der Waals surface area (Å²) in [5, 5.41) is 14.2. The number of aryl methyl sites for hydroxylation is 1. The third-order valence-electron chi connectivity index (χ3n) is 2.97. The maximum atomic E-state index is 10.0. The van der Waals surface area contributed by atoms with Crippen LogP contribution in [0.15, 0.2) is 12.3 Å². The Morgan fingerprint density at radius 2 is 2.33 bits per heavy atom. The van der Waals surface area contributed by atoms with E-state index >= 15 is 0 Å². The number of hydrogen-bond donors (Lipinski definition) is 1. The van der Waals surface area contributed by atoms with Crippen molar-refractivity contribution in [3.05, 3.63) is 18.0 Å². The molecule has 0 radical (unpaired) electrons. The topological polar surface area (TPSA) is 38.0 Å². The molecule has 0 aliphatic carbocycles. The van der Waals surface area contributed by atoms with E-state index in [0.717, 1.165) is 12.1 Å². The van der Waals surface area contributed by atoms with E-state index in [9.17, 15) is 5.11 Å². The number of aliphatic hydroxyl groups is 1. The molecule has 1 unspecified atom stereocenters. The van der Waals surface area contributed by atoms with Crippen LogP contribution in [-0.4, -0.2) is 26.4 Å². The zero-order valence-electron chi connectivity index (χ0n) is 9.09. The fourth-order valence-electron chi connectivity index (χ4n) is 2.03. The molecule has 3 nitrogen and oxygen atoms in total. The molecular weight excluding hydrogens is 208 g/mol. The molecule has 1 atom stereocenters. The number of thioether (sulfide) groups is 1. The largest absolute Gasteiger partial charge is 0.387 e. The normalized spacial score (nSPS) is 20.4. The first-order chi connectivity index (χ1) is 7.25.